The normalized spacial score (nSPS) is 18.6. The van der Waals surface area contributed by atoms with Crippen LogP contribution in [-0.4, -0.2) is 4.93 Å². The van der Waals surface area contributed by atoms with E-state index in [1.54, 1.807) is 0 Å². The summed E-state index contributed by atoms with van der Waals surface area (Å²) < 4.78 is 0. The summed E-state index contributed by atoms with van der Waals surface area (Å²) in [5.74, 6) is 0. The molecule has 0 rings (SSSR count). The fourth-order valence-electron chi connectivity index (χ4n) is 0.565. The summed E-state index contributed by atoms with van der Waals surface area (Å²) in [6.45, 7) is 0. The predicted octanol–water partition coefficient (Wildman–Crippen LogP) is 31.7. The average molecular weight is 5090 g/mol. The maximum atomic E-state index is 3.35. The first kappa shape index (κ1) is 70.2. The van der Waals surface area contributed by atoms with Gasteiger partial charge in [-0.25, -0.2) is 0 Å². The topological polar surface area (TPSA) is 0 Å². The molecule has 0 aromatic heterocycles. The average Bonchev–Trinajstić information content (AvgIpc) is 2.97. The molecule has 40 heteroatoms. The first-order valence-electron chi connectivity index (χ1n) is 5.95. The number of hydrogen-bond acceptors (Lipinski definition) is 0. The Kier molecular flexibility index (Phi) is 72.5. The summed E-state index contributed by atoms with van der Waals surface area (Å²) in [4.78, 5) is 2.66. The van der Waals surface area contributed by atoms with Crippen LogP contribution in [0.5, 0.6) is 0 Å². The van der Waals surface area contributed by atoms with Crippen LogP contribution in [0.3, 0.4) is 0 Å². The molecule has 0 nitrogen and oxygen atoms in total. The molecule has 0 aliphatic rings. The van der Waals surface area contributed by atoms with Crippen molar-refractivity contribution in [2.24, 2.45) is 0 Å². The van der Waals surface area contributed by atoms with Crippen molar-refractivity contribution < 1.29 is 17.2 Å². The first-order valence-corrected chi connectivity index (χ1v) is 253. The second-order valence-corrected chi connectivity index (χ2v) is 935. The molecule has 0 atom stereocenters. The van der Waals surface area contributed by atoms with Gasteiger partial charge in [0.15, 0.2) is 0 Å². The maximum absolute atomic E-state index is 3.35. The van der Waals surface area contributed by atoms with Gasteiger partial charge in [-0.1, -0.05) is 0 Å². The zero-order valence-electron chi connectivity index (χ0n) is 16.1. The monoisotopic (exact) mass is 5090 g/mol. The van der Waals surface area contributed by atoms with Gasteiger partial charge in [-0.05, 0) is 0 Å². The van der Waals surface area contributed by atoms with Crippen LogP contribution in [0.25, 0.3) is 0 Å². The van der Waals surface area contributed by atoms with Crippen molar-refractivity contribution in [2.75, 3.05) is 4.93 Å². The molecule has 0 radical (unpaired) electrons. The van der Waals surface area contributed by atoms with E-state index in [0.717, 1.165) is 0 Å². The van der Waals surface area contributed by atoms with Crippen molar-refractivity contribution in [1.82, 2.24) is 0 Å². The van der Waals surface area contributed by atoms with E-state index in [-0.39, 0.29) is 7.89 Å². The van der Waals surface area contributed by atoms with Gasteiger partial charge in [0, 0.05) is 0 Å². The van der Waals surface area contributed by atoms with E-state index in [1.165, 1.54) is 0 Å². The van der Waals surface area contributed by atoms with Crippen LogP contribution in [0.4, 0.5) is 0 Å². The van der Waals surface area contributed by atoms with Gasteiger partial charge in [0.1, 0.15) is 0 Å². The molecule has 0 aromatic rings. The van der Waals surface area contributed by atoms with Crippen molar-refractivity contribution >= 4 is 522 Å². The van der Waals surface area contributed by atoms with Crippen molar-refractivity contribution in [3.63, 3.8) is 0 Å². The Morgan fingerprint density at radius 3 is 0.537 bits per heavy atom. The van der Waals surface area contributed by atoms with Gasteiger partial charge in [-0.3, -0.25) is 0 Å². The first-order chi connectivity index (χ1) is 18.7. The van der Waals surface area contributed by atoms with Gasteiger partial charge in [0.2, 0.25) is 0 Å². The third-order valence-electron chi connectivity index (χ3n) is 1.58. The number of halogens is 40. The van der Waals surface area contributed by atoms with Crippen LogP contribution >= 0.6 is 522 Å². The van der Waals surface area contributed by atoms with Crippen molar-refractivity contribution in [1.29, 1.82) is 0 Å². The molecule has 0 unspecified atom stereocenters. The Bertz CT molecular complexity index is 684. The zero-order valence-corrected chi connectivity index (χ0v) is 102. The summed E-state index contributed by atoms with van der Waals surface area (Å²) in [5.41, 5.74) is 0. The minimum absolute atomic E-state index is 0.371. The molecule has 0 aliphatic carbocycles. The van der Waals surface area contributed by atoms with Crippen molar-refractivity contribution in [3.05, 3.63) is 0 Å². The SMILES string of the molecule is C[I-]I(I)I(I)I(I)I(I)I(I)I(I)I(I)I(I)I(I)I(I)I(I)I(I)I(I)I(I)I(I)I(I)I(I)I(I)I(I)I. The van der Waals surface area contributed by atoms with Crippen molar-refractivity contribution in [2.45, 2.75) is 0 Å². The van der Waals surface area contributed by atoms with E-state index in [4.69, 9.17) is 0 Å². The van der Waals surface area contributed by atoms with Gasteiger partial charge in [-0.15, -0.1) is 0 Å². The minimum atomic E-state index is -0.541. The van der Waals surface area contributed by atoms with Crippen LogP contribution < -0.4 is 17.2 Å². The van der Waals surface area contributed by atoms with Crippen molar-refractivity contribution in [3.8, 4) is 0 Å². The van der Waals surface area contributed by atoms with E-state index in [9.17, 15) is 0 Å². The molecule has 0 aliphatic heterocycles. The van der Waals surface area contributed by atoms with E-state index in [1.807, 2.05) is 0 Å². The van der Waals surface area contributed by atoms with Crippen LogP contribution in [0.2, 0.25) is 0 Å². The summed E-state index contributed by atoms with van der Waals surface area (Å²) in [6, 6.07) is 0. The summed E-state index contributed by atoms with van der Waals surface area (Å²) in [7, 11) is -9.41. The van der Waals surface area contributed by atoms with Gasteiger partial charge >= 0.3 is 544 Å². The fourth-order valence-corrected chi connectivity index (χ4v) is 7210. The standard InChI is InChI=1S/CH3I40/c1-22-24(4)26(6)28(8)30(10)32(12)34(14)36(16)38(18)40(20)41(21)39(19)37(17)35(15)33(13)31(11)29(9)27(7)25(5)23(2)3/h1H3/q-1. The number of alkyl halides is 1. The van der Waals surface area contributed by atoms with E-state index in [2.05, 4.69) is 377 Å². The summed E-state index contributed by atoms with van der Waals surface area (Å²) in [6.07, 6.45) is 0. The molecular formula is CH3I40-. The Hall–Kier alpha value is 29.2. The fraction of sp³-hybridized carbons (Fsp3) is 1.00. The molecule has 288 valence electrons. The number of rotatable bonds is 19. The second-order valence-electron chi connectivity index (χ2n) is 3.22. The van der Waals surface area contributed by atoms with Crippen LogP contribution in [0, 0.1) is 0 Å². The second kappa shape index (κ2) is 42.3. The van der Waals surface area contributed by atoms with E-state index < -0.39 is 142 Å². The molecule has 0 aromatic carbocycles. The molecule has 41 heavy (non-hydrogen) atoms. The molecule has 0 spiro atoms. The molecule has 0 saturated carbocycles. The van der Waals surface area contributed by atoms with Crippen LogP contribution in [-0.2, 0) is 0 Å². The molecule has 0 fully saturated rings. The Morgan fingerprint density at radius 2 is 0.390 bits per heavy atom. The quantitative estimate of drug-likeness (QED) is 0.0893. The molecule has 0 heterocycles. The van der Waals surface area contributed by atoms with Crippen LogP contribution in [0.15, 0.2) is 0 Å². The van der Waals surface area contributed by atoms with Gasteiger partial charge in [0.05, 0.1) is 0 Å². The third kappa shape index (κ3) is 29.3. The van der Waals surface area contributed by atoms with E-state index in [0.29, 0.717) is 17.2 Å². The molecule has 0 amide bonds. The zero-order chi connectivity index (χ0) is 32.7. The van der Waals surface area contributed by atoms with Crippen LogP contribution in [0.1, 0.15) is 0 Å². The van der Waals surface area contributed by atoms with Gasteiger partial charge in [0.25, 0.3) is 0 Å². The van der Waals surface area contributed by atoms with E-state index >= 15 is 0 Å². The Morgan fingerprint density at radius 1 is 0.244 bits per heavy atom. The molecule has 0 saturated heterocycles. The summed E-state index contributed by atoms with van der Waals surface area (Å²) >= 11 is 65.6. The predicted molar refractivity (Wildman–Crippen MR) is 553 cm³/mol. The molecular weight excluding hydrogens is 5090 g/mol. The molecule has 0 N–H and O–H groups in total. The Balaban J connectivity index is 5.42. The summed E-state index contributed by atoms with van der Waals surface area (Å²) in [5, 5.41) is 0. The van der Waals surface area contributed by atoms with Gasteiger partial charge < -0.3 is 0 Å². The molecule has 0 bridgehead atoms. The van der Waals surface area contributed by atoms with Gasteiger partial charge in [-0.2, -0.15) is 0 Å². The Labute approximate surface area is 512 Å². The number of hydrogen-bond donors (Lipinski definition) is 0. The third-order valence-corrected chi connectivity index (χ3v) is 3010.